The molecule has 1 saturated heterocycles. The molecular weight excluding hydrogens is 336 g/mol. The summed E-state index contributed by atoms with van der Waals surface area (Å²) in [5.41, 5.74) is 7.60. The number of aryl methyl sites for hydroxylation is 2. The molecule has 23 heavy (non-hydrogen) atoms. The molecule has 1 atom stereocenters. The van der Waals surface area contributed by atoms with Crippen molar-refractivity contribution < 1.29 is 13.2 Å². The fourth-order valence-electron chi connectivity index (χ4n) is 3.17. The maximum atomic E-state index is 12.8. The molecule has 1 fully saturated rings. The average molecular weight is 363 g/mol. The molecule has 7 heteroatoms. The number of methoxy groups -OCH3 is 1. The van der Waals surface area contributed by atoms with Crippen molar-refractivity contribution in [1.29, 1.82) is 0 Å². The first-order valence-electron chi connectivity index (χ1n) is 7.68. The van der Waals surface area contributed by atoms with Gasteiger partial charge in [-0.25, -0.2) is 8.42 Å². The lowest BCUT2D eigenvalue weighted by Gasteiger charge is -2.33. The molecule has 0 radical (unpaired) electrons. The van der Waals surface area contributed by atoms with Gasteiger partial charge in [0.25, 0.3) is 0 Å². The van der Waals surface area contributed by atoms with Gasteiger partial charge in [-0.15, -0.1) is 12.4 Å². The monoisotopic (exact) mass is 362 g/mol. The minimum Gasteiger partial charge on any atom is -0.496 e. The van der Waals surface area contributed by atoms with Gasteiger partial charge in [0.15, 0.2) is 0 Å². The Balaban J connectivity index is 0.00000264. The van der Waals surface area contributed by atoms with Gasteiger partial charge >= 0.3 is 0 Å². The fourth-order valence-corrected chi connectivity index (χ4v) is 4.81. The summed E-state index contributed by atoms with van der Waals surface area (Å²) in [7, 11) is -1.84. The molecule has 0 aliphatic carbocycles. The van der Waals surface area contributed by atoms with Crippen molar-refractivity contribution >= 4 is 22.4 Å². The van der Waals surface area contributed by atoms with Gasteiger partial charge in [-0.1, -0.05) is 0 Å². The molecule has 0 saturated carbocycles. The van der Waals surface area contributed by atoms with Gasteiger partial charge in [0.05, 0.1) is 12.0 Å². The number of rotatable bonds is 4. The highest BCUT2D eigenvalue weighted by atomic mass is 35.5. The largest absolute Gasteiger partial charge is 0.496 e. The van der Waals surface area contributed by atoms with E-state index >= 15 is 0 Å². The predicted octanol–water partition coefficient (Wildman–Crippen LogP) is 2.48. The van der Waals surface area contributed by atoms with E-state index in [0.717, 1.165) is 29.7 Å². The van der Waals surface area contributed by atoms with E-state index in [2.05, 4.69) is 0 Å². The summed E-state index contributed by atoms with van der Waals surface area (Å²) in [5.74, 6) is 1.15. The van der Waals surface area contributed by atoms with E-state index in [1.165, 1.54) is 0 Å². The van der Waals surface area contributed by atoms with Crippen molar-refractivity contribution in [1.82, 2.24) is 4.31 Å². The molecule has 0 spiro atoms. The van der Waals surface area contributed by atoms with Crippen LogP contribution >= 0.6 is 12.4 Å². The van der Waals surface area contributed by atoms with Crippen LogP contribution in [0.3, 0.4) is 0 Å². The zero-order valence-electron chi connectivity index (χ0n) is 14.2. The molecule has 1 aliphatic rings. The normalized spacial score (nSPS) is 18.3. The highest BCUT2D eigenvalue weighted by molar-refractivity contribution is 7.89. The van der Waals surface area contributed by atoms with E-state index < -0.39 is 10.0 Å². The van der Waals surface area contributed by atoms with E-state index in [4.69, 9.17) is 10.5 Å². The Morgan fingerprint density at radius 2 is 1.70 bits per heavy atom. The third-order valence-corrected chi connectivity index (χ3v) is 6.39. The average Bonchev–Trinajstić information content (AvgIpc) is 2.47. The highest BCUT2D eigenvalue weighted by Crippen LogP contribution is 2.30. The molecule has 132 valence electrons. The molecular formula is C16H27ClN2O3S. The standard InChI is InChI=1S/C16H26N2O3S.ClH/c1-11-9-15(10-12(2)16(11)21-4)22(19,20)18-7-5-14(6-8-18)13(3)17;/h9-10,13-14H,5-8,17H2,1-4H3;1H. The first kappa shape index (κ1) is 20.2. The van der Waals surface area contributed by atoms with E-state index in [0.29, 0.717) is 23.9 Å². The van der Waals surface area contributed by atoms with Crippen molar-refractivity contribution in [3.8, 4) is 5.75 Å². The SMILES string of the molecule is COc1c(C)cc(S(=O)(=O)N2CCC(C(C)N)CC2)cc1C.Cl. The zero-order valence-corrected chi connectivity index (χ0v) is 15.8. The smallest absolute Gasteiger partial charge is 0.243 e. The lowest BCUT2D eigenvalue weighted by Crippen LogP contribution is -2.42. The second-order valence-electron chi connectivity index (χ2n) is 6.19. The molecule has 2 N–H and O–H groups in total. The first-order chi connectivity index (χ1) is 10.3. The highest BCUT2D eigenvalue weighted by Gasteiger charge is 2.31. The first-order valence-corrected chi connectivity index (χ1v) is 9.12. The van der Waals surface area contributed by atoms with Crippen LogP contribution in [0.2, 0.25) is 0 Å². The van der Waals surface area contributed by atoms with Crippen molar-refractivity contribution in [2.45, 2.75) is 44.6 Å². The number of sulfonamides is 1. The Morgan fingerprint density at radius 1 is 1.22 bits per heavy atom. The van der Waals surface area contributed by atoms with Crippen LogP contribution in [0, 0.1) is 19.8 Å². The second kappa shape index (κ2) is 7.83. The quantitative estimate of drug-likeness (QED) is 0.893. The Bertz CT molecular complexity index is 616. The molecule has 1 heterocycles. The molecule has 1 aliphatic heterocycles. The molecule has 2 rings (SSSR count). The summed E-state index contributed by atoms with van der Waals surface area (Å²) in [6.07, 6.45) is 1.65. The second-order valence-corrected chi connectivity index (χ2v) is 8.13. The lowest BCUT2D eigenvalue weighted by atomic mass is 9.92. The van der Waals surface area contributed by atoms with Gasteiger partial charge in [0.1, 0.15) is 5.75 Å². The van der Waals surface area contributed by atoms with E-state index in [9.17, 15) is 8.42 Å². The fraction of sp³-hybridized carbons (Fsp3) is 0.625. The van der Waals surface area contributed by atoms with Crippen LogP contribution in [0.1, 0.15) is 30.9 Å². The van der Waals surface area contributed by atoms with Gasteiger partial charge in [0.2, 0.25) is 10.0 Å². The number of hydrogen-bond donors (Lipinski definition) is 1. The topological polar surface area (TPSA) is 72.6 Å². The van der Waals surface area contributed by atoms with Crippen molar-refractivity contribution in [2.24, 2.45) is 11.7 Å². The maximum absolute atomic E-state index is 12.8. The van der Waals surface area contributed by atoms with Gasteiger partial charge < -0.3 is 10.5 Å². The predicted molar refractivity (Wildman–Crippen MR) is 94.8 cm³/mol. The number of nitrogens with zero attached hydrogens (tertiary/aromatic N) is 1. The number of ether oxygens (including phenoxy) is 1. The minimum atomic E-state index is -3.44. The molecule has 0 amide bonds. The molecule has 1 unspecified atom stereocenters. The minimum absolute atomic E-state index is 0. The Labute approximate surface area is 145 Å². The maximum Gasteiger partial charge on any atom is 0.243 e. The summed E-state index contributed by atoms with van der Waals surface area (Å²) in [6.45, 7) is 6.81. The van der Waals surface area contributed by atoms with Crippen LogP contribution in [0.15, 0.2) is 17.0 Å². The Morgan fingerprint density at radius 3 is 2.09 bits per heavy atom. The molecule has 0 aromatic heterocycles. The Kier molecular flexibility index (Phi) is 6.89. The van der Waals surface area contributed by atoms with Gasteiger partial charge in [-0.2, -0.15) is 4.31 Å². The van der Waals surface area contributed by atoms with Crippen LogP contribution < -0.4 is 10.5 Å². The van der Waals surface area contributed by atoms with Crippen molar-refractivity contribution in [2.75, 3.05) is 20.2 Å². The van der Waals surface area contributed by atoms with E-state index in [-0.39, 0.29) is 18.4 Å². The van der Waals surface area contributed by atoms with Gasteiger partial charge in [-0.05, 0) is 62.8 Å². The summed E-state index contributed by atoms with van der Waals surface area (Å²) in [4.78, 5) is 0.350. The summed E-state index contributed by atoms with van der Waals surface area (Å²) >= 11 is 0. The van der Waals surface area contributed by atoms with Crippen LogP contribution in [-0.2, 0) is 10.0 Å². The third kappa shape index (κ3) is 4.18. The van der Waals surface area contributed by atoms with Gasteiger partial charge in [-0.3, -0.25) is 0 Å². The summed E-state index contributed by atoms with van der Waals surface area (Å²) < 4.78 is 32.5. The van der Waals surface area contributed by atoms with Crippen LogP contribution in [0.5, 0.6) is 5.75 Å². The Hall–Kier alpha value is -0.820. The summed E-state index contributed by atoms with van der Waals surface area (Å²) in [5, 5.41) is 0. The number of hydrogen-bond acceptors (Lipinski definition) is 4. The van der Waals surface area contributed by atoms with Crippen molar-refractivity contribution in [3.63, 3.8) is 0 Å². The number of halogens is 1. The van der Waals surface area contributed by atoms with Crippen LogP contribution in [0.4, 0.5) is 0 Å². The third-order valence-electron chi connectivity index (χ3n) is 4.52. The van der Waals surface area contributed by atoms with E-state index in [1.54, 1.807) is 23.5 Å². The molecule has 0 bridgehead atoms. The molecule has 1 aromatic carbocycles. The number of piperidine rings is 1. The lowest BCUT2D eigenvalue weighted by molar-refractivity contribution is 0.250. The van der Waals surface area contributed by atoms with Crippen LogP contribution in [0.25, 0.3) is 0 Å². The van der Waals surface area contributed by atoms with Gasteiger partial charge in [0, 0.05) is 19.1 Å². The molecule has 1 aromatic rings. The zero-order chi connectivity index (χ0) is 16.5. The van der Waals surface area contributed by atoms with Crippen LogP contribution in [-0.4, -0.2) is 39.0 Å². The van der Waals surface area contributed by atoms with Crippen molar-refractivity contribution in [3.05, 3.63) is 23.3 Å². The van der Waals surface area contributed by atoms with E-state index in [1.807, 2.05) is 20.8 Å². The number of nitrogens with two attached hydrogens (primary N) is 1. The summed E-state index contributed by atoms with van der Waals surface area (Å²) in [6, 6.07) is 3.51. The molecule has 5 nitrogen and oxygen atoms in total. The number of benzene rings is 1.